The number of rotatable bonds is 5. The Hall–Kier alpha value is -2.02. The minimum absolute atomic E-state index is 0.125. The Kier molecular flexibility index (Phi) is 3.75. The molecule has 0 aliphatic carbocycles. The number of anilines is 1. The molecule has 0 aliphatic heterocycles. The lowest BCUT2D eigenvalue weighted by atomic mass is 10.3. The number of sulfonamides is 1. The Morgan fingerprint density at radius 2 is 2.11 bits per heavy atom. The van der Waals surface area contributed by atoms with E-state index in [-0.39, 0.29) is 4.90 Å². The topological polar surface area (TPSA) is 73.2 Å². The normalized spacial score (nSPS) is 11.3. The highest BCUT2D eigenvalue weighted by atomic mass is 32.2. The molecule has 0 aliphatic rings. The van der Waals surface area contributed by atoms with Gasteiger partial charge in [-0.25, -0.2) is 8.42 Å². The highest BCUT2D eigenvalue weighted by Gasteiger charge is 2.18. The molecule has 0 fully saturated rings. The van der Waals surface area contributed by atoms with Crippen molar-refractivity contribution in [2.24, 2.45) is 0 Å². The summed E-state index contributed by atoms with van der Waals surface area (Å²) in [5, 5.41) is 3.95. The maximum atomic E-state index is 12.2. The van der Waals surface area contributed by atoms with Crippen LogP contribution in [-0.4, -0.2) is 25.3 Å². The number of methoxy groups -OCH3 is 1. The Morgan fingerprint density at radius 3 is 2.74 bits per heavy atom. The minimum Gasteiger partial charge on any atom is -0.495 e. The van der Waals surface area contributed by atoms with Crippen molar-refractivity contribution in [1.29, 1.82) is 0 Å². The summed E-state index contributed by atoms with van der Waals surface area (Å²) in [5.41, 5.74) is 0.397. The summed E-state index contributed by atoms with van der Waals surface area (Å²) in [5.74, 6) is 0.467. The predicted molar refractivity (Wildman–Crippen MR) is 71.7 cm³/mol. The van der Waals surface area contributed by atoms with Gasteiger partial charge in [0.25, 0.3) is 10.0 Å². The number of nitrogens with one attached hydrogen (secondary N) is 1. The smallest absolute Gasteiger partial charge is 0.265 e. The molecule has 7 heteroatoms. The highest BCUT2D eigenvalue weighted by Crippen LogP contribution is 2.25. The monoisotopic (exact) mass is 281 g/mol. The highest BCUT2D eigenvalue weighted by molar-refractivity contribution is 7.92. The van der Waals surface area contributed by atoms with Crippen LogP contribution >= 0.6 is 0 Å². The molecule has 0 unspecified atom stereocenters. The van der Waals surface area contributed by atoms with E-state index < -0.39 is 10.0 Å². The van der Waals surface area contributed by atoms with Crippen molar-refractivity contribution in [2.75, 3.05) is 11.8 Å². The summed E-state index contributed by atoms with van der Waals surface area (Å²) in [6.07, 6.45) is 2.80. The van der Waals surface area contributed by atoms with Crippen LogP contribution in [0.2, 0.25) is 0 Å². The van der Waals surface area contributed by atoms with Crippen LogP contribution in [0.5, 0.6) is 5.75 Å². The molecule has 19 heavy (non-hydrogen) atoms. The average molecular weight is 281 g/mol. The van der Waals surface area contributed by atoms with Crippen LogP contribution in [0, 0.1) is 0 Å². The second-order valence-corrected chi connectivity index (χ2v) is 5.52. The van der Waals surface area contributed by atoms with Crippen molar-refractivity contribution in [2.45, 2.75) is 18.4 Å². The minimum atomic E-state index is -3.65. The first kappa shape index (κ1) is 13.4. The van der Waals surface area contributed by atoms with E-state index >= 15 is 0 Å². The summed E-state index contributed by atoms with van der Waals surface area (Å²) >= 11 is 0. The molecule has 1 aromatic heterocycles. The van der Waals surface area contributed by atoms with Crippen LogP contribution in [0.1, 0.15) is 6.92 Å². The van der Waals surface area contributed by atoms with Crippen molar-refractivity contribution in [3.63, 3.8) is 0 Å². The van der Waals surface area contributed by atoms with Gasteiger partial charge in [-0.1, -0.05) is 12.1 Å². The van der Waals surface area contributed by atoms with E-state index in [1.54, 1.807) is 28.9 Å². The van der Waals surface area contributed by atoms with Crippen LogP contribution in [0.3, 0.4) is 0 Å². The van der Waals surface area contributed by atoms with E-state index in [1.165, 1.54) is 19.5 Å². The van der Waals surface area contributed by atoms with E-state index in [0.29, 0.717) is 18.0 Å². The third-order valence-electron chi connectivity index (χ3n) is 2.60. The SMILES string of the molecule is CCn1cc(S(=O)(=O)Nc2ccccc2OC)cn1. The molecule has 6 nitrogen and oxygen atoms in total. The molecule has 0 amide bonds. The first-order valence-electron chi connectivity index (χ1n) is 5.75. The maximum Gasteiger partial charge on any atom is 0.265 e. The van der Waals surface area contributed by atoms with Crippen molar-refractivity contribution >= 4 is 15.7 Å². The van der Waals surface area contributed by atoms with Gasteiger partial charge in [-0.05, 0) is 19.1 Å². The quantitative estimate of drug-likeness (QED) is 0.905. The Labute approximate surface area is 112 Å². The van der Waals surface area contributed by atoms with Crippen molar-refractivity contribution in [3.8, 4) is 5.75 Å². The van der Waals surface area contributed by atoms with Gasteiger partial charge in [0.2, 0.25) is 0 Å². The van der Waals surface area contributed by atoms with Gasteiger partial charge in [0.1, 0.15) is 10.6 Å². The summed E-state index contributed by atoms with van der Waals surface area (Å²) in [4.78, 5) is 0.125. The van der Waals surface area contributed by atoms with E-state index in [4.69, 9.17) is 4.74 Å². The largest absolute Gasteiger partial charge is 0.495 e. The van der Waals surface area contributed by atoms with Crippen molar-refractivity contribution in [1.82, 2.24) is 9.78 Å². The lowest BCUT2D eigenvalue weighted by Gasteiger charge is -2.10. The Bertz CT molecular complexity index is 664. The number of nitrogens with zero attached hydrogens (tertiary/aromatic N) is 2. The second-order valence-electron chi connectivity index (χ2n) is 3.84. The molecule has 102 valence electrons. The predicted octanol–water partition coefficient (Wildman–Crippen LogP) is 1.71. The number of benzene rings is 1. The van der Waals surface area contributed by atoms with Gasteiger partial charge in [0.05, 0.1) is 19.0 Å². The fourth-order valence-electron chi connectivity index (χ4n) is 1.59. The van der Waals surface area contributed by atoms with Crippen molar-refractivity contribution in [3.05, 3.63) is 36.7 Å². The molecule has 2 aromatic rings. The third-order valence-corrected chi connectivity index (χ3v) is 3.92. The number of hydrogen-bond donors (Lipinski definition) is 1. The number of hydrogen-bond acceptors (Lipinski definition) is 4. The van der Waals surface area contributed by atoms with Gasteiger partial charge in [0, 0.05) is 12.7 Å². The van der Waals surface area contributed by atoms with Crippen LogP contribution in [-0.2, 0) is 16.6 Å². The molecule has 0 atom stereocenters. The molecule has 0 saturated carbocycles. The van der Waals surface area contributed by atoms with E-state index in [2.05, 4.69) is 9.82 Å². The number of para-hydroxylation sites is 2. The summed E-state index contributed by atoms with van der Waals surface area (Å²) in [6, 6.07) is 6.83. The van der Waals surface area contributed by atoms with Crippen LogP contribution in [0.25, 0.3) is 0 Å². The first-order chi connectivity index (χ1) is 9.06. The van der Waals surface area contributed by atoms with Crippen LogP contribution in [0.4, 0.5) is 5.69 Å². The molecule has 0 radical (unpaired) electrons. The van der Waals surface area contributed by atoms with Gasteiger partial charge in [0.15, 0.2) is 0 Å². The fraction of sp³-hybridized carbons (Fsp3) is 0.250. The van der Waals surface area contributed by atoms with Crippen molar-refractivity contribution < 1.29 is 13.2 Å². The molecule has 1 aromatic carbocycles. The molecule has 1 heterocycles. The molecular weight excluding hydrogens is 266 g/mol. The number of ether oxygens (including phenoxy) is 1. The molecule has 0 saturated heterocycles. The second kappa shape index (κ2) is 5.31. The van der Waals surface area contributed by atoms with Gasteiger partial charge in [-0.3, -0.25) is 9.40 Å². The van der Waals surface area contributed by atoms with Gasteiger partial charge in [-0.15, -0.1) is 0 Å². The Morgan fingerprint density at radius 1 is 1.37 bits per heavy atom. The average Bonchev–Trinajstić information content (AvgIpc) is 2.88. The fourth-order valence-corrected chi connectivity index (χ4v) is 2.61. The summed E-state index contributed by atoms with van der Waals surface area (Å²) in [6.45, 7) is 2.50. The third kappa shape index (κ3) is 2.87. The zero-order chi connectivity index (χ0) is 13.9. The van der Waals surface area contributed by atoms with Gasteiger partial charge < -0.3 is 4.74 Å². The standard InChI is InChI=1S/C12H15N3O3S/c1-3-15-9-10(8-13-15)19(16,17)14-11-6-4-5-7-12(11)18-2/h4-9,14H,3H2,1-2H3. The molecule has 1 N–H and O–H groups in total. The van der Waals surface area contributed by atoms with Gasteiger partial charge in [-0.2, -0.15) is 5.10 Å². The molecule has 2 rings (SSSR count). The Balaban J connectivity index is 2.31. The lowest BCUT2D eigenvalue weighted by Crippen LogP contribution is -2.13. The molecule has 0 bridgehead atoms. The summed E-state index contributed by atoms with van der Waals surface area (Å²) in [7, 11) is -2.16. The molecular formula is C12H15N3O3S. The first-order valence-corrected chi connectivity index (χ1v) is 7.23. The zero-order valence-corrected chi connectivity index (χ0v) is 11.5. The lowest BCUT2D eigenvalue weighted by molar-refractivity contribution is 0.417. The van der Waals surface area contributed by atoms with Crippen LogP contribution < -0.4 is 9.46 Å². The number of aromatic nitrogens is 2. The van der Waals surface area contributed by atoms with E-state index in [1.807, 2.05) is 6.92 Å². The summed E-state index contributed by atoms with van der Waals surface area (Å²) < 4.78 is 33.5. The van der Waals surface area contributed by atoms with Crippen LogP contribution in [0.15, 0.2) is 41.6 Å². The van der Waals surface area contributed by atoms with E-state index in [0.717, 1.165) is 0 Å². The van der Waals surface area contributed by atoms with E-state index in [9.17, 15) is 8.42 Å². The van der Waals surface area contributed by atoms with Gasteiger partial charge >= 0.3 is 0 Å². The zero-order valence-electron chi connectivity index (χ0n) is 10.7. The maximum absolute atomic E-state index is 12.2. The molecule has 0 spiro atoms. The number of aryl methyl sites for hydroxylation is 1.